The molecule has 2 N–H and O–H groups in total. The molecule has 2 aliphatic heterocycles. The van der Waals surface area contributed by atoms with E-state index >= 15 is 0 Å². The highest BCUT2D eigenvalue weighted by molar-refractivity contribution is 7.18. The van der Waals surface area contributed by atoms with E-state index in [0.717, 1.165) is 38.6 Å². The molecule has 6 nitrogen and oxygen atoms in total. The molecule has 0 spiro atoms. The van der Waals surface area contributed by atoms with Crippen molar-refractivity contribution in [1.29, 1.82) is 0 Å². The quantitative estimate of drug-likeness (QED) is 0.332. The molecule has 0 atom stereocenters. The number of anilines is 1. The zero-order valence-electron chi connectivity index (χ0n) is 20.8. The zero-order valence-corrected chi connectivity index (χ0v) is 21.6. The van der Waals surface area contributed by atoms with Crippen LogP contribution in [-0.2, 0) is 9.53 Å². The summed E-state index contributed by atoms with van der Waals surface area (Å²) < 4.78 is 5.40. The Morgan fingerprint density at radius 2 is 1.70 bits per heavy atom. The molecule has 2 aliphatic rings. The van der Waals surface area contributed by atoms with E-state index in [1.54, 1.807) is 11.3 Å². The number of H-pyrrole nitrogens is 1. The minimum Gasteiger partial charge on any atom is -0.378 e. The molecule has 0 bridgehead atoms. The Bertz CT molecular complexity index is 1540. The second-order valence-corrected chi connectivity index (χ2v) is 10.5. The highest BCUT2D eigenvalue weighted by Gasteiger charge is 2.28. The van der Waals surface area contributed by atoms with Gasteiger partial charge in [-0.2, -0.15) is 0 Å². The summed E-state index contributed by atoms with van der Waals surface area (Å²) in [6.45, 7) is 6.14. The van der Waals surface area contributed by atoms with Crippen LogP contribution >= 0.6 is 11.3 Å². The van der Waals surface area contributed by atoms with Gasteiger partial charge in [0, 0.05) is 45.5 Å². The van der Waals surface area contributed by atoms with Crippen LogP contribution in [0.2, 0.25) is 0 Å². The number of fused-ring (bicyclic) bond motifs is 1. The zero-order chi connectivity index (χ0) is 25.5. The number of hydrogen-bond acceptors (Lipinski definition) is 4. The first-order valence-corrected chi connectivity index (χ1v) is 13.2. The predicted molar refractivity (Wildman–Crippen MR) is 149 cm³/mol. The van der Waals surface area contributed by atoms with Crippen LogP contribution in [-0.4, -0.2) is 48.0 Å². The fourth-order valence-corrected chi connectivity index (χ4v) is 6.05. The summed E-state index contributed by atoms with van der Waals surface area (Å²) in [4.78, 5) is 33.7. The van der Waals surface area contributed by atoms with E-state index in [2.05, 4.69) is 40.6 Å². The van der Waals surface area contributed by atoms with Gasteiger partial charge in [-0.1, -0.05) is 36.4 Å². The molecule has 0 radical (unpaired) electrons. The van der Waals surface area contributed by atoms with Crippen molar-refractivity contribution < 1.29 is 14.3 Å². The molecular formula is C30H27N3O3S. The summed E-state index contributed by atoms with van der Waals surface area (Å²) in [6.07, 6.45) is 1.87. The van der Waals surface area contributed by atoms with Crippen molar-refractivity contribution in [3.05, 3.63) is 88.7 Å². The average molecular weight is 510 g/mol. The lowest BCUT2D eigenvalue weighted by molar-refractivity contribution is -0.110. The van der Waals surface area contributed by atoms with Crippen molar-refractivity contribution in [3.8, 4) is 20.9 Å². The van der Waals surface area contributed by atoms with Crippen LogP contribution in [0.4, 0.5) is 5.69 Å². The van der Waals surface area contributed by atoms with Gasteiger partial charge in [-0.15, -0.1) is 11.3 Å². The second kappa shape index (κ2) is 9.50. The number of rotatable bonds is 4. The van der Waals surface area contributed by atoms with Crippen LogP contribution in [0.5, 0.6) is 0 Å². The van der Waals surface area contributed by atoms with Crippen LogP contribution in [0.3, 0.4) is 0 Å². The maximum absolute atomic E-state index is 13.2. The minimum atomic E-state index is -0.143. The third kappa shape index (κ3) is 4.30. The maximum Gasteiger partial charge on any atom is 0.256 e. The molecular weight excluding hydrogens is 482 g/mol. The normalized spacial score (nSPS) is 16.2. The first-order valence-electron chi connectivity index (χ1n) is 12.4. The number of thiophene rings is 1. The summed E-state index contributed by atoms with van der Waals surface area (Å²) in [6, 6.07) is 20.7. The van der Waals surface area contributed by atoms with Crippen molar-refractivity contribution in [3.63, 3.8) is 0 Å². The molecule has 4 aromatic rings. The monoisotopic (exact) mass is 509 g/mol. The number of amides is 2. The summed E-state index contributed by atoms with van der Waals surface area (Å²) in [5, 5.41) is 2.99. The third-order valence-electron chi connectivity index (χ3n) is 7.03. The number of carbonyl (C=O) groups is 2. The van der Waals surface area contributed by atoms with Gasteiger partial charge in [0.1, 0.15) is 0 Å². The summed E-state index contributed by atoms with van der Waals surface area (Å²) >= 11 is 1.73. The van der Waals surface area contributed by atoms with Gasteiger partial charge in [-0.05, 0) is 60.9 Å². The van der Waals surface area contributed by atoms with E-state index in [1.165, 1.54) is 10.4 Å². The number of aryl methyl sites for hydroxylation is 1. The SMILES string of the molecule is Cc1[nH]c(/C=C2\C(=O)Nc3ccc(-c4ccc(-c5ccccc5)s4)cc32)c(C)c1C(=O)N1CCOCC1. The predicted octanol–water partition coefficient (Wildman–Crippen LogP) is 5.99. The summed E-state index contributed by atoms with van der Waals surface area (Å²) in [7, 11) is 0. The number of ether oxygens (including phenoxy) is 1. The molecule has 37 heavy (non-hydrogen) atoms. The molecule has 186 valence electrons. The van der Waals surface area contributed by atoms with Crippen molar-refractivity contribution in [2.45, 2.75) is 13.8 Å². The van der Waals surface area contributed by atoms with Gasteiger partial charge >= 0.3 is 0 Å². The number of carbonyl (C=O) groups excluding carboxylic acids is 2. The Kier molecular flexibility index (Phi) is 6.02. The van der Waals surface area contributed by atoms with Crippen LogP contribution in [0.1, 0.15) is 32.9 Å². The first kappa shape index (κ1) is 23.5. The standard InChI is InChI=1S/C30H27N3O3S/c1-18-25(31-19(2)28(18)30(35)33-12-14-36-15-13-33)17-23-22-16-21(8-9-24(22)32-29(23)34)27-11-10-26(37-27)20-6-4-3-5-7-20/h3-11,16-17,31H,12-15H2,1-2H3,(H,32,34)/b23-17-. The van der Waals surface area contributed by atoms with Crippen molar-refractivity contribution in [2.24, 2.45) is 0 Å². The Morgan fingerprint density at radius 3 is 2.46 bits per heavy atom. The Hall–Kier alpha value is -3.94. The fourth-order valence-electron chi connectivity index (χ4n) is 5.04. The number of nitrogens with zero attached hydrogens (tertiary/aromatic N) is 1. The molecule has 0 unspecified atom stereocenters. The van der Waals surface area contributed by atoms with Gasteiger partial charge in [0.2, 0.25) is 0 Å². The Balaban J connectivity index is 1.34. The summed E-state index contributed by atoms with van der Waals surface area (Å²) in [5.74, 6) is -0.138. The van der Waals surface area contributed by atoms with Gasteiger partial charge in [0.15, 0.2) is 0 Å². The van der Waals surface area contributed by atoms with Gasteiger partial charge in [-0.3, -0.25) is 9.59 Å². The first-order chi connectivity index (χ1) is 18.0. The molecule has 0 aliphatic carbocycles. The second-order valence-electron chi connectivity index (χ2n) is 9.37. The van der Waals surface area contributed by atoms with E-state index in [-0.39, 0.29) is 11.8 Å². The molecule has 1 saturated heterocycles. The van der Waals surface area contributed by atoms with Crippen LogP contribution in [0.25, 0.3) is 32.5 Å². The van der Waals surface area contributed by atoms with Crippen molar-refractivity contribution in [1.82, 2.24) is 9.88 Å². The van der Waals surface area contributed by atoms with E-state index in [1.807, 2.05) is 55.2 Å². The molecule has 6 rings (SSSR count). The number of nitrogens with one attached hydrogen (secondary N) is 2. The van der Waals surface area contributed by atoms with E-state index in [4.69, 9.17) is 4.74 Å². The van der Waals surface area contributed by atoms with E-state index in [0.29, 0.717) is 37.4 Å². The van der Waals surface area contributed by atoms with Crippen LogP contribution in [0.15, 0.2) is 60.7 Å². The lowest BCUT2D eigenvalue weighted by Gasteiger charge is -2.27. The highest BCUT2D eigenvalue weighted by atomic mass is 32.1. The third-order valence-corrected chi connectivity index (χ3v) is 8.21. The molecule has 0 saturated carbocycles. The Morgan fingerprint density at radius 1 is 0.973 bits per heavy atom. The van der Waals surface area contributed by atoms with Gasteiger partial charge in [-0.25, -0.2) is 0 Å². The highest BCUT2D eigenvalue weighted by Crippen LogP contribution is 2.40. The van der Waals surface area contributed by atoms with Crippen molar-refractivity contribution >= 4 is 40.5 Å². The van der Waals surface area contributed by atoms with E-state index in [9.17, 15) is 9.59 Å². The number of morpholine rings is 1. The lowest BCUT2D eigenvalue weighted by Crippen LogP contribution is -2.41. The smallest absolute Gasteiger partial charge is 0.256 e. The number of benzene rings is 2. The van der Waals surface area contributed by atoms with Crippen LogP contribution in [0, 0.1) is 13.8 Å². The van der Waals surface area contributed by atoms with Gasteiger partial charge < -0.3 is 19.9 Å². The topological polar surface area (TPSA) is 74.4 Å². The average Bonchev–Trinajstić information content (AvgIpc) is 3.61. The minimum absolute atomic E-state index is 0.00433. The van der Waals surface area contributed by atoms with Gasteiger partial charge in [0.25, 0.3) is 11.8 Å². The largest absolute Gasteiger partial charge is 0.378 e. The molecule has 2 aromatic carbocycles. The summed E-state index contributed by atoms with van der Waals surface area (Å²) in [5.41, 5.74) is 7.62. The molecule has 4 heterocycles. The Labute approximate surface area is 219 Å². The van der Waals surface area contributed by atoms with Crippen LogP contribution < -0.4 is 5.32 Å². The molecule has 2 aromatic heterocycles. The molecule has 7 heteroatoms. The van der Waals surface area contributed by atoms with Gasteiger partial charge in [0.05, 0.1) is 24.4 Å². The van der Waals surface area contributed by atoms with E-state index < -0.39 is 0 Å². The number of aromatic amines is 1. The number of hydrogen-bond donors (Lipinski definition) is 2. The molecule has 1 fully saturated rings. The molecule has 2 amide bonds. The van der Waals surface area contributed by atoms with Crippen molar-refractivity contribution in [2.75, 3.05) is 31.6 Å². The number of aromatic nitrogens is 1. The fraction of sp³-hybridized carbons (Fsp3) is 0.200. The maximum atomic E-state index is 13.2. The lowest BCUT2D eigenvalue weighted by atomic mass is 10.0.